The maximum absolute atomic E-state index is 12.3. The molecule has 1 aliphatic heterocycles. The third kappa shape index (κ3) is 3.70. The molecular weight excluding hydrogens is 328 g/mol. The number of nitrogens with zero attached hydrogens (tertiary/aromatic N) is 2. The Morgan fingerprint density at radius 1 is 1.19 bits per heavy atom. The number of H-pyrrole nitrogens is 1. The van der Waals surface area contributed by atoms with Crippen molar-refractivity contribution < 1.29 is 9.53 Å². The highest BCUT2D eigenvalue weighted by atomic mass is 16.5. The zero-order chi connectivity index (χ0) is 17.8. The van der Waals surface area contributed by atoms with Crippen LogP contribution in [0, 0.1) is 0 Å². The Labute approximate surface area is 152 Å². The largest absolute Gasteiger partial charge is 0.378 e. The predicted molar refractivity (Wildman–Crippen MR) is 101 cm³/mol. The molecule has 6 heteroatoms. The lowest BCUT2D eigenvalue weighted by Crippen LogP contribution is -2.36. The van der Waals surface area contributed by atoms with Crippen LogP contribution in [0.15, 0.2) is 48.8 Å². The predicted octanol–water partition coefficient (Wildman–Crippen LogP) is 2.26. The van der Waals surface area contributed by atoms with Gasteiger partial charge in [-0.15, -0.1) is 0 Å². The standard InChI is InChI=1S/C20H22N4O2/c25-19(12-16-14-23-20-18(16)2-1-7-21-20)22-13-15-3-5-17(6-4-15)24-8-10-26-11-9-24/h1-7,14H,8-13H2,(H,21,23)(H,22,25). The number of hydrogen-bond acceptors (Lipinski definition) is 4. The maximum Gasteiger partial charge on any atom is 0.224 e. The van der Waals surface area contributed by atoms with Crippen molar-refractivity contribution >= 4 is 22.6 Å². The highest BCUT2D eigenvalue weighted by Crippen LogP contribution is 2.17. The Bertz CT molecular complexity index is 882. The number of fused-ring (bicyclic) bond motifs is 1. The second-order valence-electron chi connectivity index (χ2n) is 6.43. The van der Waals surface area contributed by atoms with E-state index in [2.05, 4.69) is 44.5 Å². The van der Waals surface area contributed by atoms with Crippen LogP contribution in [0.2, 0.25) is 0 Å². The number of rotatable bonds is 5. The number of pyridine rings is 1. The fraction of sp³-hybridized carbons (Fsp3) is 0.300. The molecule has 3 aromatic rings. The van der Waals surface area contributed by atoms with Gasteiger partial charge < -0.3 is 19.9 Å². The SMILES string of the molecule is O=C(Cc1c[nH]c2ncccc12)NCc1ccc(N2CCOCC2)cc1. The normalized spacial score (nSPS) is 14.5. The minimum absolute atomic E-state index is 0.00649. The molecule has 134 valence electrons. The number of benzene rings is 1. The number of carbonyl (C=O) groups excluding carboxylic acids is 1. The highest BCUT2D eigenvalue weighted by molar-refractivity contribution is 5.87. The van der Waals surface area contributed by atoms with Crippen LogP contribution in [0.5, 0.6) is 0 Å². The molecule has 2 aromatic heterocycles. The Kier molecular flexibility index (Phi) is 4.84. The van der Waals surface area contributed by atoms with Crippen LogP contribution in [-0.2, 0) is 22.5 Å². The zero-order valence-corrected chi connectivity index (χ0v) is 14.6. The zero-order valence-electron chi connectivity index (χ0n) is 14.6. The molecule has 3 heterocycles. The molecule has 6 nitrogen and oxygen atoms in total. The summed E-state index contributed by atoms with van der Waals surface area (Å²) >= 11 is 0. The van der Waals surface area contributed by atoms with Crippen LogP contribution in [0.25, 0.3) is 11.0 Å². The van der Waals surface area contributed by atoms with Crippen molar-refractivity contribution in [2.75, 3.05) is 31.2 Å². The number of ether oxygens (including phenoxy) is 1. The monoisotopic (exact) mass is 350 g/mol. The molecule has 4 rings (SSSR count). The van der Waals surface area contributed by atoms with Crippen LogP contribution in [0.1, 0.15) is 11.1 Å². The third-order valence-electron chi connectivity index (χ3n) is 4.69. The van der Waals surface area contributed by atoms with E-state index in [0.717, 1.165) is 48.5 Å². The van der Waals surface area contributed by atoms with Gasteiger partial charge in [-0.3, -0.25) is 4.79 Å². The van der Waals surface area contributed by atoms with E-state index >= 15 is 0 Å². The van der Waals surface area contributed by atoms with Crippen molar-refractivity contribution in [3.8, 4) is 0 Å². The molecule has 26 heavy (non-hydrogen) atoms. The molecule has 0 saturated carbocycles. The average molecular weight is 350 g/mol. The highest BCUT2D eigenvalue weighted by Gasteiger charge is 2.11. The molecule has 1 saturated heterocycles. The first-order chi connectivity index (χ1) is 12.8. The van der Waals surface area contributed by atoms with Gasteiger partial charge in [0.15, 0.2) is 0 Å². The molecule has 0 unspecified atom stereocenters. The Balaban J connectivity index is 1.32. The number of carbonyl (C=O) groups is 1. The summed E-state index contributed by atoms with van der Waals surface area (Å²) in [5.74, 6) is 0.00649. The fourth-order valence-corrected chi connectivity index (χ4v) is 3.24. The quantitative estimate of drug-likeness (QED) is 0.740. The van der Waals surface area contributed by atoms with E-state index in [-0.39, 0.29) is 5.91 Å². The molecule has 0 bridgehead atoms. The molecule has 1 amide bonds. The van der Waals surface area contributed by atoms with E-state index < -0.39 is 0 Å². The van der Waals surface area contributed by atoms with E-state index in [9.17, 15) is 4.79 Å². The summed E-state index contributed by atoms with van der Waals surface area (Å²) in [5, 5.41) is 3.99. The molecular formula is C20H22N4O2. The Morgan fingerprint density at radius 3 is 2.81 bits per heavy atom. The molecule has 1 fully saturated rings. The minimum atomic E-state index is 0.00649. The van der Waals surface area contributed by atoms with Gasteiger partial charge >= 0.3 is 0 Å². The maximum atomic E-state index is 12.3. The molecule has 0 atom stereocenters. The van der Waals surface area contributed by atoms with Crippen molar-refractivity contribution in [3.63, 3.8) is 0 Å². The van der Waals surface area contributed by atoms with E-state index in [4.69, 9.17) is 4.74 Å². The first-order valence-electron chi connectivity index (χ1n) is 8.89. The van der Waals surface area contributed by atoms with Crippen molar-refractivity contribution in [2.45, 2.75) is 13.0 Å². The summed E-state index contributed by atoms with van der Waals surface area (Å²) in [5.41, 5.74) is 4.08. The van der Waals surface area contributed by atoms with Gasteiger partial charge in [-0.25, -0.2) is 4.98 Å². The van der Waals surface area contributed by atoms with Gasteiger partial charge in [0.05, 0.1) is 19.6 Å². The summed E-state index contributed by atoms with van der Waals surface area (Å²) < 4.78 is 5.38. The summed E-state index contributed by atoms with van der Waals surface area (Å²) in [6.45, 7) is 3.94. The van der Waals surface area contributed by atoms with E-state index in [1.165, 1.54) is 5.69 Å². The van der Waals surface area contributed by atoms with Gasteiger partial charge in [0.25, 0.3) is 0 Å². The number of hydrogen-bond donors (Lipinski definition) is 2. The average Bonchev–Trinajstić information content (AvgIpc) is 3.10. The smallest absolute Gasteiger partial charge is 0.224 e. The number of amides is 1. The van der Waals surface area contributed by atoms with Crippen LogP contribution in [0.3, 0.4) is 0 Å². The lowest BCUT2D eigenvalue weighted by Gasteiger charge is -2.28. The number of nitrogens with one attached hydrogen (secondary N) is 2. The minimum Gasteiger partial charge on any atom is -0.378 e. The van der Waals surface area contributed by atoms with Crippen LogP contribution < -0.4 is 10.2 Å². The van der Waals surface area contributed by atoms with Crippen molar-refractivity contribution in [3.05, 3.63) is 59.9 Å². The molecule has 2 N–H and O–H groups in total. The van der Waals surface area contributed by atoms with Gasteiger partial charge in [-0.05, 0) is 35.4 Å². The molecule has 0 aliphatic carbocycles. The topological polar surface area (TPSA) is 70.2 Å². The number of anilines is 1. The summed E-state index contributed by atoms with van der Waals surface area (Å²) in [6.07, 6.45) is 3.94. The Morgan fingerprint density at radius 2 is 2.00 bits per heavy atom. The second-order valence-corrected chi connectivity index (χ2v) is 6.43. The second kappa shape index (κ2) is 7.58. The first-order valence-corrected chi connectivity index (χ1v) is 8.89. The summed E-state index contributed by atoms with van der Waals surface area (Å²) in [4.78, 5) is 21.9. The van der Waals surface area contributed by atoms with Crippen molar-refractivity contribution in [1.82, 2.24) is 15.3 Å². The van der Waals surface area contributed by atoms with Gasteiger partial charge in [0.1, 0.15) is 5.65 Å². The lowest BCUT2D eigenvalue weighted by molar-refractivity contribution is -0.120. The van der Waals surface area contributed by atoms with Gasteiger partial charge in [0.2, 0.25) is 5.91 Å². The van der Waals surface area contributed by atoms with Gasteiger partial charge in [-0.2, -0.15) is 0 Å². The Hall–Kier alpha value is -2.86. The molecule has 0 spiro atoms. The van der Waals surface area contributed by atoms with E-state index in [1.54, 1.807) is 6.20 Å². The van der Waals surface area contributed by atoms with Gasteiger partial charge in [0, 0.05) is 43.1 Å². The molecule has 1 aromatic carbocycles. The van der Waals surface area contributed by atoms with E-state index in [0.29, 0.717) is 13.0 Å². The van der Waals surface area contributed by atoms with Crippen molar-refractivity contribution in [2.24, 2.45) is 0 Å². The van der Waals surface area contributed by atoms with Crippen LogP contribution in [0.4, 0.5) is 5.69 Å². The third-order valence-corrected chi connectivity index (χ3v) is 4.69. The lowest BCUT2D eigenvalue weighted by atomic mass is 10.1. The number of aromatic amines is 1. The first kappa shape index (κ1) is 16.6. The molecule has 1 aliphatic rings. The number of morpholine rings is 1. The van der Waals surface area contributed by atoms with Crippen molar-refractivity contribution in [1.29, 1.82) is 0 Å². The molecule has 0 radical (unpaired) electrons. The number of aromatic nitrogens is 2. The van der Waals surface area contributed by atoms with Crippen LogP contribution >= 0.6 is 0 Å². The summed E-state index contributed by atoms with van der Waals surface area (Å²) in [7, 11) is 0. The summed E-state index contributed by atoms with van der Waals surface area (Å²) in [6, 6.07) is 12.2. The van der Waals surface area contributed by atoms with Gasteiger partial charge in [-0.1, -0.05) is 12.1 Å². The van der Waals surface area contributed by atoms with Crippen LogP contribution in [-0.4, -0.2) is 42.2 Å². The van der Waals surface area contributed by atoms with E-state index in [1.807, 2.05) is 18.3 Å². The fourth-order valence-electron chi connectivity index (χ4n) is 3.24.